The molecular formula is C9H10IN3O7. The third-order valence-electron chi connectivity index (χ3n) is 2.82. The maximum atomic E-state index is 11.7. The van der Waals surface area contributed by atoms with Crippen LogP contribution in [0.25, 0.3) is 0 Å². The van der Waals surface area contributed by atoms with Crippen LogP contribution in [0.15, 0.2) is 15.8 Å². The van der Waals surface area contributed by atoms with Gasteiger partial charge < -0.3 is 14.7 Å². The maximum Gasteiger partial charge on any atom is 0.330 e. The molecule has 0 amide bonds. The summed E-state index contributed by atoms with van der Waals surface area (Å²) >= 11 is 1.74. The van der Waals surface area contributed by atoms with Gasteiger partial charge in [0.15, 0.2) is 0 Å². The van der Waals surface area contributed by atoms with E-state index in [2.05, 4.69) is 9.82 Å². The van der Waals surface area contributed by atoms with Crippen molar-refractivity contribution in [2.24, 2.45) is 0 Å². The lowest BCUT2D eigenvalue weighted by atomic mass is 10.2. The summed E-state index contributed by atoms with van der Waals surface area (Å²) < 4.78 is 6.72. The van der Waals surface area contributed by atoms with Gasteiger partial charge in [-0.2, -0.15) is 0 Å². The SMILES string of the molecule is O=c1[nH]c(=O)n([C@@H]2CC(O[N+](=O)[O-])[C@H](CO)O2)cc1I. The van der Waals surface area contributed by atoms with Gasteiger partial charge in [-0.3, -0.25) is 14.3 Å². The Morgan fingerprint density at radius 3 is 2.95 bits per heavy atom. The minimum atomic E-state index is -0.975. The van der Waals surface area contributed by atoms with Gasteiger partial charge in [-0.1, -0.05) is 0 Å². The highest BCUT2D eigenvalue weighted by Crippen LogP contribution is 2.29. The van der Waals surface area contributed by atoms with Crippen molar-refractivity contribution in [2.45, 2.75) is 24.9 Å². The molecule has 1 aliphatic rings. The minimum Gasteiger partial charge on any atom is -0.394 e. The average Bonchev–Trinajstić information content (AvgIpc) is 2.75. The first-order chi connectivity index (χ1) is 9.42. The second-order valence-corrected chi connectivity index (χ2v) is 5.22. The van der Waals surface area contributed by atoms with Crippen LogP contribution in [0.4, 0.5) is 0 Å². The van der Waals surface area contributed by atoms with Gasteiger partial charge in [0.05, 0.1) is 10.2 Å². The molecule has 0 aromatic carbocycles. The lowest BCUT2D eigenvalue weighted by Crippen LogP contribution is -2.33. The van der Waals surface area contributed by atoms with Crippen molar-refractivity contribution in [1.29, 1.82) is 0 Å². The van der Waals surface area contributed by atoms with Crippen molar-refractivity contribution >= 4 is 22.6 Å². The fraction of sp³-hybridized carbons (Fsp3) is 0.556. The molecular weight excluding hydrogens is 389 g/mol. The van der Waals surface area contributed by atoms with Crippen LogP contribution >= 0.6 is 22.6 Å². The first kappa shape index (κ1) is 14.9. The van der Waals surface area contributed by atoms with Crippen LogP contribution in [0.5, 0.6) is 0 Å². The Hall–Kier alpha value is -1.47. The van der Waals surface area contributed by atoms with Gasteiger partial charge in [-0.15, -0.1) is 10.1 Å². The van der Waals surface area contributed by atoms with E-state index in [4.69, 9.17) is 9.84 Å². The molecule has 0 radical (unpaired) electrons. The molecule has 1 unspecified atom stereocenters. The number of nitrogens with zero attached hydrogens (tertiary/aromatic N) is 2. The summed E-state index contributed by atoms with van der Waals surface area (Å²) in [4.78, 5) is 39.8. The molecule has 1 fully saturated rings. The molecule has 2 N–H and O–H groups in total. The number of aromatic amines is 1. The van der Waals surface area contributed by atoms with E-state index in [1.807, 2.05) is 0 Å². The van der Waals surface area contributed by atoms with Gasteiger partial charge in [0.1, 0.15) is 18.4 Å². The predicted octanol–water partition coefficient (Wildman–Crippen LogP) is -1.00. The number of H-pyrrole nitrogens is 1. The van der Waals surface area contributed by atoms with Crippen molar-refractivity contribution in [3.05, 3.63) is 40.7 Å². The Labute approximate surface area is 124 Å². The van der Waals surface area contributed by atoms with Crippen molar-refractivity contribution in [3.63, 3.8) is 0 Å². The third-order valence-corrected chi connectivity index (χ3v) is 3.58. The molecule has 0 saturated carbocycles. The topological polar surface area (TPSA) is 137 Å². The Bertz CT molecular complexity index is 627. The van der Waals surface area contributed by atoms with E-state index < -0.39 is 41.4 Å². The standard InChI is InChI=1S/C9H10IN3O7/c10-4-2-12(9(16)11-8(4)15)7-1-5(20-13(17)18)6(3-14)19-7/h2,5-7,14H,1,3H2,(H,11,15,16)/t5?,6-,7-/m0/s1. The van der Waals surface area contributed by atoms with Gasteiger partial charge in [0.25, 0.3) is 10.6 Å². The van der Waals surface area contributed by atoms with E-state index in [0.29, 0.717) is 0 Å². The van der Waals surface area contributed by atoms with Crippen LogP contribution in [0.2, 0.25) is 0 Å². The molecule has 2 heterocycles. The summed E-state index contributed by atoms with van der Waals surface area (Å²) in [7, 11) is 0. The molecule has 0 bridgehead atoms. The number of hydrogen-bond donors (Lipinski definition) is 2. The van der Waals surface area contributed by atoms with Crippen LogP contribution in [-0.2, 0) is 9.57 Å². The first-order valence-corrected chi connectivity index (χ1v) is 6.58. The summed E-state index contributed by atoms with van der Waals surface area (Å²) in [6.45, 7) is -0.482. The van der Waals surface area contributed by atoms with E-state index >= 15 is 0 Å². The number of rotatable bonds is 4. The van der Waals surface area contributed by atoms with Gasteiger partial charge in [0, 0.05) is 12.6 Å². The van der Waals surface area contributed by atoms with E-state index in [1.165, 1.54) is 6.20 Å². The largest absolute Gasteiger partial charge is 0.394 e. The third kappa shape index (κ3) is 2.99. The molecule has 2 rings (SSSR count). The molecule has 110 valence electrons. The Morgan fingerprint density at radius 2 is 2.35 bits per heavy atom. The number of aromatic nitrogens is 2. The molecule has 10 nitrogen and oxygen atoms in total. The van der Waals surface area contributed by atoms with Crippen molar-refractivity contribution in [1.82, 2.24) is 9.55 Å². The van der Waals surface area contributed by atoms with Gasteiger partial charge >= 0.3 is 5.69 Å². The monoisotopic (exact) mass is 399 g/mol. The van der Waals surface area contributed by atoms with Crippen molar-refractivity contribution < 1.29 is 19.8 Å². The molecule has 0 aliphatic carbocycles. The molecule has 1 aromatic rings. The predicted molar refractivity (Wildman–Crippen MR) is 71.5 cm³/mol. The number of hydrogen-bond acceptors (Lipinski definition) is 7. The highest BCUT2D eigenvalue weighted by atomic mass is 127. The number of nitrogens with one attached hydrogen (secondary N) is 1. The lowest BCUT2D eigenvalue weighted by Gasteiger charge is -2.14. The zero-order valence-electron chi connectivity index (χ0n) is 9.89. The molecule has 1 aliphatic heterocycles. The molecule has 0 spiro atoms. The number of ether oxygens (including phenoxy) is 1. The zero-order chi connectivity index (χ0) is 14.9. The average molecular weight is 399 g/mol. The Balaban J connectivity index is 2.27. The van der Waals surface area contributed by atoms with Gasteiger partial charge in [-0.05, 0) is 22.6 Å². The van der Waals surface area contributed by atoms with E-state index in [1.54, 1.807) is 22.6 Å². The smallest absolute Gasteiger partial charge is 0.330 e. The molecule has 1 saturated heterocycles. The summed E-state index contributed by atoms with van der Waals surface area (Å²) in [5.41, 5.74) is -1.22. The highest BCUT2D eigenvalue weighted by molar-refractivity contribution is 14.1. The first-order valence-electron chi connectivity index (χ1n) is 5.51. The van der Waals surface area contributed by atoms with E-state index in [9.17, 15) is 19.7 Å². The minimum absolute atomic E-state index is 0.00817. The fourth-order valence-electron chi connectivity index (χ4n) is 1.93. The van der Waals surface area contributed by atoms with Crippen LogP contribution in [0, 0.1) is 13.7 Å². The molecule has 11 heteroatoms. The van der Waals surface area contributed by atoms with Gasteiger partial charge in [-0.25, -0.2) is 4.79 Å². The number of halogens is 1. The maximum absolute atomic E-state index is 11.7. The number of aliphatic hydroxyl groups is 1. The van der Waals surface area contributed by atoms with E-state index in [0.717, 1.165) is 4.57 Å². The quantitative estimate of drug-likeness (QED) is 0.376. The van der Waals surface area contributed by atoms with Crippen molar-refractivity contribution in [2.75, 3.05) is 6.61 Å². The van der Waals surface area contributed by atoms with Crippen LogP contribution in [-0.4, -0.2) is 38.6 Å². The van der Waals surface area contributed by atoms with Crippen molar-refractivity contribution in [3.8, 4) is 0 Å². The zero-order valence-corrected chi connectivity index (χ0v) is 12.1. The number of aliphatic hydroxyl groups excluding tert-OH is 1. The summed E-state index contributed by atoms with van der Waals surface area (Å²) in [6.07, 6.45) is -1.45. The molecule has 20 heavy (non-hydrogen) atoms. The Kier molecular flexibility index (Phi) is 4.39. The molecule has 3 atom stereocenters. The van der Waals surface area contributed by atoms with Crippen LogP contribution < -0.4 is 11.2 Å². The van der Waals surface area contributed by atoms with Crippen LogP contribution in [0.3, 0.4) is 0 Å². The second kappa shape index (κ2) is 5.88. The summed E-state index contributed by atoms with van der Waals surface area (Å²) in [5.74, 6) is 0. The summed E-state index contributed by atoms with van der Waals surface area (Å²) in [5, 5.41) is 18.5. The second-order valence-electron chi connectivity index (χ2n) is 4.06. The summed E-state index contributed by atoms with van der Waals surface area (Å²) in [6, 6.07) is 0. The highest BCUT2D eigenvalue weighted by Gasteiger charge is 2.39. The van der Waals surface area contributed by atoms with Crippen LogP contribution in [0.1, 0.15) is 12.6 Å². The lowest BCUT2D eigenvalue weighted by molar-refractivity contribution is -0.769. The molecule has 1 aromatic heterocycles. The Morgan fingerprint density at radius 1 is 1.65 bits per heavy atom. The van der Waals surface area contributed by atoms with E-state index in [-0.39, 0.29) is 9.99 Å². The fourth-order valence-corrected chi connectivity index (χ4v) is 2.37. The normalized spacial score (nSPS) is 25.6. The van der Waals surface area contributed by atoms with Gasteiger partial charge in [0.2, 0.25) is 0 Å².